The summed E-state index contributed by atoms with van der Waals surface area (Å²) in [6, 6.07) is 3.73. The lowest BCUT2D eigenvalue weighted by atomic mass is 10.2. The van der Waals surface area contributed by atoms with Crippen LogP contribution < -0.4 is 10.6 Å². The number of aromatic nitrogens is 1. The van der Waals surface area contributed by atoms with E-state index in [2.05, 4.69) is 32.1 Å². The number of halogens is 1. The van der Waals surface area contributed by atoms with Gasteiger partial charge >= 0.3 is 0 Å². The first-order chi connectivity index (χ1) is 12.1. The lowest BCUT2D eigenvalue weighted by Crippen LogP contribution is -2.40. The van der Waals surface area contributed by atoms with Gasteiger partial charge in [-0.3, -0.25) is 9.79 Å². The minimum absolute atomic E-state index is 0. The second-order valence-electron chi connectivity index (χ2n) is 6.05. The Kier molecular flexibility index (Phi) is 13.6. The summed E-state index contributed by atoms with van der Waals surface area (Å²) < 4.78 is 0. The van der Waals surface area contributed by atoms with Crippen LogP contribution in [0.15, 0.2) is 36.0 Å². The first-order valence-electron chi connectivity index (χ1n) is 8.82. The minimum Gasteiger partial charge on any atom is -0.356 e. The molecule has 1 heterocycles. The van der Waals surface area contributed by atoms with Crippen molar-refractivity contribution in [2.45, 2.75) is 39.0 Å². The van der Waals surface area contributed by atoms with Crippen molar-refractivity contribution in [1.82, 2.24) is 15.2 Å². The quantitative estimate of drug-likeness (QED) is 0.179. The molecule has 0 bridgehead atoms. The number of nitrogens with one attached hydrogen (secondary N) is 2. The molecular formula is C19H32IN5O. The fourth-order valence-electron chi connectivity index (χ4n) is 2.34. The molecule has 0 saturated carbocycles. The Morgan fingerprint density at radius 3 is 2.73 bits per heavy atom. The average molecular weight is 473 g/mol. The Bertz CT molecular complexity index is 560. The van der Waals surface area contributed by atoms with Crippen LogP contribution in [0.4, 0.5) is 5.82 Å². The standard InChI is InChI=1S/C19H31N5O.HI/c1-5-6-7-8-9-14-24(4)19(20-3)21-13-12-18(25)23-17-11-10-16(2)15-22-17;/h5,10-11,15H,1,6-9,12-14H2,2-4H3,(H,20,21)(H,22,23,25);1H. The number of aliphatic imine (C=N–C) groups is 1. The number of nitrogens with zero attached hydrogens (tertiary/aromatic N) is 3. The molecule has 1 aromatic rings. The van der Waals surface area contributed by atoms with E-state index in [0.717, 1.165) is 30.9 Å². The van der Waals surface area contributed by atoms with Crippen molar-refractivity contribution in [2.24, 2.45) is 4.99 Å². The van der Waals surface area contributed by atoms with E-state index in [4.69, 9.17) is 0 Å². The van der Waals surface area contributed by atoms with E-state index in [1.54, 1.807) is 19.3 Å². The van der Waals surface area contributed by atoms with Crippen molar-refractivity contribution in [3.63, 3.8) is 0 Å². The van der Waals surface area contributed by atoms with Gasteiger partial charge in [-0.25, -0.2) is 4.98 Å². The molecule has 0 aliphatic heterocycles. The van der Waals surface area contributed by atoms with Gasteiger partial charge in [0.25, 0.3) is 0 Å². The maximum absolute atomic E-state index is 12.0. The molecule has 1 amide bonds. The largest absolute Gasteiger partial charge is 0.356 e. The highest BCUT2D eigenvalue weighted by molar-refractivity contribution is 14.0. The van der Waals surface area contributed by atoms with Gasteiger partial charge in [0.2, 0.25) is 5.91 Å². The maximum atomic E-state index is 12.0. The van der Waals surface area contributed by atoms with E-state index in [9.17, 15) is 4.79 Å². The Balaban J connectivity index is 0.00000625. The Hall–Kier alpha value is -1.64. The van der Waals surface area contributed by atoms with Crippen molar-refractivity contribution >= 4 is 41.7 Å². The summed E-state index contributed by atoms with van der Waals surface area (Å²) in [4.78, 5) is 22.5. The van der Waals surface area contributed by atoms with Crippen LogP contribution in [-0.4, -0.2) is 48.9 Å². The summed E-state index contributed by atoms with van der Waals surface area (Å²) >= 11 is 0. The number of amides is 1. The van der Waals surface area contributed by atoms with Crippen LogP contribution in [0.2, 0.25) is 0 Å². The smallest absolute Gasteiger partial charge is 0.227 e. The van der Waals surface area contributed by atoms with Gasteiger partial charge in [-0.15, -0.1) is 30.6 Å². The van der Waals surface area contributed by atoms with Crippen LogP contribution in [-0.2, 0) is 4.79 Å². The fraction of sp³-hybridized carbons (Fsp3) is 0.526. The third-order valence-electron chi connectivity index (χ3n) is 3.79. The van der Waals surface area contributed by atoms with Gasteiger partial charge in [-0.05, 0) is 37.8 Å². The van der Waals surface area contributed by atoms with E-state index >= 15 is 0 Å². The van der Waals surface area contributed by atoms with Crippen molar-refractivity contribution < 1.29 is 4.79 Å². The SMILES string of the molecule is C=CCCCCCN(C)C(=NC)NCCC(=O)Nc1ccc(C)cn1.I. The Morgan fingerprint density at radius 2 is 2.12 bits per heavy atom. The van der Waals surface area contributed by atoms with Crippen molar-refractivity contribution in [2.75, 3.05) is 32.5 Å². The van der Waals surface area contributed by atoms with Crippen LogP contribution in [0.25, 0.3) is 0 Å². The maximum Gasteiger partial charge on any atom is 0.227 e. The van der Waals surface area contributed by atoms with E-state index in [0.29, 0.717) is 18.8 Å². The van der Waals surface area contributed by atoms with Gasteiger partial charge in [0, 0.05) is 39.8 Å². The highest BCUT2D eigenvalue weighted by atomic mass is 127. The molecule has 6 nitrogen and oxygen atoms in total. The van der Waals surface area contributed by atoms with Crippen molar-refractivity contribution in [1.29, 1.82) is 0 Å². The summed E-state index contributed by atoms with van der Waals surface area (Å²) in [6.45, 7) is 7.17. The molecule has 7 heteroatoms. The fourth-order valence-corrected chi connectivity index (χ4v) is 2.34. The number of unbranched alkanes of at least 4 members (excludes halogenated alkanes) is 3. The van der Waals surface area contributed by atoms with Crippen molar-refractivity contribution in [3.05, 3.63) is 36.5 Å². The summed E-state index contributed by atoms with van der Waals surface area (Å²) in [5, 5.41) is 6.02. The van der Waals surface area contributed by atoms with E-state index < -0.39 is 0 Å². The monoisotopic (exact) mass is 473 g/mol. The molecule has 0 radical (unpaired) electrons. The van der Waals surface area contributed by atoms with Crippen molar-refractivity contribution in [3.8, 4) is 0 Å². The third kappa shape index (κ3) is 10.4. The molecule has 0 aliphatic carbocycles. The summed E-state index contributed by atoms with van der Waals surface area (Å²) in [6.07, 6.45) is 8.60. The number of guanidine groups is 1. The summed E-state index contributed by atoms with van der Waals surface area (Å²) in [7, 11) is 3.77. The molecule has 0 aliphatic rings. The first-order valence-corrected chi connectivity index (χ1v) is 8.82. The zero-order valence-corrected chi connectivity index (χ0v) is 18.5. The van der Waals surface area contributed by atoms with E-state index in [1.165, 1.54) is 12.8 Å². The Labute approximate surface area is 174 Å². The minimum atomic E-state index is -0.0635. The Morgan fingerprint density at radius 1 is 1.35 bits per heavy atom. The molecule has 2 N–H and O–H groups in total. The molecule has 0 atom stereocenters. The zero-order chi connectivity index (χ0) is 18.5. The number of aryl methyl sites for hydroxylation is 1. The zero-order valence-electron chi connectivity index (χ0n) is 16.1. The molecule has 1 aromatic heterocycles. The molecule has 1 rings (SSSR count). The predicted molar refractivity (Wildman–Crippen MR) is 120 cm³/mol. The molecule has 0 fully saturated rings. The third-order valence-corrected chi connectivity index (χ3v) is 3.79. The molecule has 26 heavy (non-hydrogen) atoms. The number of hydrogen-bond donors (Lipinski definition) is 2. The second-order valence-corrected chi connectivity index (χ2v) is 6.05. The van der Waals surface area contributed by atoms with Crippen LogP contribution in [0.1, 0.15) is 37.7 Å². The normalized spacial score (nSPS) is 10.7. The molecular weight excluding hydrogens is 441 g/mol. The van der Waals surface area contributed by atoms with Crippen LogP contribution in [0, 0.1) is 6.92 Å². The molecule has 0 saturated heterocycles. The molecule has 0 unspecified atom stereocenters. The topological polar surface area (TPSA) is 69.6 Å². The highest BCUT2D eigenvalue weighted by Crippen LogP contribution is 2.04. The number of carbonyl (C=O) groups is 1. The van der Waals surface area contributed by atoms with E-state index in [1.807, 2.05) is 26.1 Å². The summed E-state index contributed by atoms with van der Waals surface area (Å²) in [5.41, 5.74) is 1.07. The number of carbonyl (C=O) groups excluding carboxylic acids is 1. The second kappa shape index (κ2) is 14.5. The van der Waals surface area contributed by atoms with Gasteiger partial charge in [0.15, 0.2) is 5.96 Å². The predicted octanol–water partition coefficient (Wildman–Crippen LogP) is 3.59. The lowest BCUT2D eigenvalue weighted by Gasteiger charge is -2.22. The van der Waals surface area contributed by atoms with Gasteiger partial charge in [0.1, 0.15) is 5.82 Å². The molecule has 0 spiro atoms. The highest BCUT2D eigenvalue weighted by Gasteiger charge is 2.07. The van der Waals surface area contributed by atoms with Crippen LogP contribution in [0.3, 0.4) is 0 Å². The lowest BCUT2D eigenvalue weighted by molar-refractivity contribution is -0.116. The van der Waals surface area contributed by atoms with Crippen LogP contribution in [0.5, 0.6) is 0 Å². The number of rotatable bonds is 10. The van der Waals surface area contributed by atoms with E-state index in [-0.39, 0.29) is 29.9 Å². The van der Waals surface area contributed by atoms with Gasteiger partial charge in [-0.2, -0.15) is 0 Å². The molecule has 146 valence electrons. The molecule has 0 aromatic carbocycles. The van der Waals surface area contributed by atoms with Crippen LogP contribution >= 0.6 is 24.0 Å². The average Bonchev–Trinajstić information content (AvgIpc) is 2.60. The number of allylic oxidation sites excluding steroid dienone is 1. The summed E-state index contributed by atoms with van der Waals surface area (Å²) in [5.74, 6) is 1.33. The number of hydrogen-bond acceptors (Lipinski definition) is 3. The first kappa shape index (κ1) is 24.4. The van der Waals surface area contributed by atoms with Gasteiger partial charge < -0.3 is 15.5 Å². The number of pyridine rings is 1. The van der Waals surface area contributed by atoms with Gasteiger partial charge in [0.05, 0.1) is 0 Å². The number of anilines is 1. The van der Waals surface area contributed by atoms with Gasteiger partial charge in [-0.1, -0.05) is 18.6 Å².